The van der Waals surface area contributed by atoms with Crippen LogP contribution in [0.25, 0.3) is 0 Å². The molecule has 0 amide bonds. The van der Waals surface area contributed by atoms with Crippen molar-refractivity contribution in [3.63, 3.8) is 0 Å². The van der Waals surface area contributed by atoms with Gasteiger partial charge in [0.2, 0.25) is 0 Å². The Kier molecular flexibility index (Phi) is 5.57. The van der Waals surface area contributed by atoms with Crippen molar-refractivity contribution in [2.45, 2.75) is 30.5 Å². The number of esters is 1. The van der Waals surface area contributed by atoms with E-state index in [9.17, 15) is 14.3 Å². The van der Waals surface area contributed by atoms with Crippen molar-refractivity contribution < 1.29 is 19.0 Å². The van der Waals surface area contributed by atoms with E-state index in [0.29, 0.717) is 16.4 Å². The number of halogens is 1. The average Bonchev–Trinajstić information content (AvgIpc) is 2.90. The molecule has 1 aromatic carbocycles. The first-order valence-electron chi connectivity index (χ1n) is 6.70. The first-order chi connectivity index (χ1) is 10.6. The first-order valence-corrected chi connectivity index (χ1v) is 7.58. The lowest BCUT2D eigenvalue weighted by Gasteiger charge is -2.13. The molecule has 1 unspecified atom stereocenters. The fraction of sp³-hybridized carbons (Fsp3) is 0.333. The summed E-state index contributed by atoms with van der Waals surface area (Å²) in [6.45, 7) is 1.73. The Morgan fingerprint density at radius 3 is 2.86 bits per heavy atom. The fourth-order valence-corrected chi connectivity index (χ4v) is 2.88. The summed E-state index contributed by atoms with van der Waals surface area (Å²) in [5.41, 5.74) is 1.05. The molecule has 2 rings (SSSR count). The van der Waals surface area contributed by atoms with Crippen LogP contribution in [0.15, 0.2) is 35.6 Å². The third-order valence-electron chi connectivity index (χ3n) is 3.17. The standard InChI is InChI=1S/C15H17FN2O3S/c1-10(14(20)21-2)22-15-17-7-12(9-19)18(15)8-11-5-3-4-6-13(11)16/h3-7,10,19H,8-9H2,1-2H3. The minimum absolute atomic E-state index is 0.214. The van der Waals surface area contributed by atoms with Gasteiger partial charge in [0.1, 0.15) is 11.1 Å². The van der Waals surface area contributed by atoms with Gasteiger partial charge in [-0.05, 0) is 13.0 Å². The van der Waals surface area contributed by atoms with Crippen LogP contribution in [-0.4, -0.2) is 33.0 Å². The largest absolute Gasteiger partial charge is 0.468 e. The summed E-state index contributed by atoms with van der Waals surface area (Å²) in [4.78, 5) is 15.7. The number of ether oxygens (including phenoxy) is 1. The zero-order valence-electron chi connectivity index (χ0n) is 12.3. The lowest BCUT2D eigenvalue weighted by Crippen LogP contribution is -2.16. The van der Waals surface area contributed by atoms with Crippen molar-refractivity contribution in [3.8, 4) is 0 Å². The van der Waals surface area contributed by atoms with Crippen molar-refractivity contribution in [3.05, 3.63) is 47.5 Å². The van der Waals surface area contributed by atoms with Gasteiger partial charge in [-0.1, -0.05) is 30.0 Å². The van der Waals surface area contributed by atoms with Crippen molar-refractivity contribution in [1.29, 1.82) is 0 Å². The first kappa shape index (κ1) is 16.5. The Morgan fingerprint density at radius 1 is 1.50 bits per heavy atom. The van der Waals surface area contributed by atoms with E-state index in [1.165, 1.54) is 31.1 Å². The molecule has 0 spiro atoms. The normalized spacial score (nSPS) is 12.2. The second-order valence-corrected chi connectivity index (χ2v) is 5.96. The van der Waals surface area contributed by atoms with Crippen molar-refractivity contribution in [2.24, 2.45) is 0 Å². The summed E-state index contributed by atoms with van der Waals surface area (Å²) >= 11 is 1.21. The Morgan fingerprint density at radius 2 is 2.23 bits per heavy atom. The topological polar surface area (TPSA) is 64.3 Å². The third-order valence-corrected chi connectivity index (χ3v) is 4.25. The number of rotatable bonds is 6. The smallest absolute Gasteiger partial charge is 0.318 e. The van der Waals surface area contributed by atoms with Crippen LogP contribution in [0.5, 0.6) is 0 Å². The van der Waals surface area contributed by atoms with E-state index in [1.54, 1.807) is 29.7 Å². The van der Waals surface area contributed by atoms with Crippen LogP contribution in [0.3, 0.4) is 0 Å². The fourth-order valence-electron chi connectivity index (χ4n) is 1.95. The second-order valence-electron chi connectivity index (χ2n) is 4.65. The van der Waals surface area contributed by atoms with Crippen molar-refractivity contribution in [2.75, 3.05) is 7.11 Å². The van der Waals surface area contributed by atoms with E-state index >= 15 is 0 Å². The molecule has 0 bridgehead atoms. The average molecular weight is 324 g/mol. The van der Waals surface area contributed by atoms with E-state index in [-0.39, 0.29) is 24.9 Å². The number of nitrogens with zero attached hydrogens (tertiary/aromatic N) is 2. The van der Waals surface area contributed by atoms with Gasteiger partial charge in [0, 0.05) is 5.56 Å². The maximum atomic E-state index is 13.8. The maximum Gasteiger partial charge on any atom is 0.318 e. The van der Waals surface area contributed by atoms with Gasteiger partial charge in [-0.3, -0.25) is 4.79 Å². The van der Waals surface area contributed by atoms with Gasteiger partial charge in [0.05, 0.1) is 32.2 Å². The maximum absolute atomic E-state index is 13.8. The number of hydrogen-bond donors (Lipinski definition) is 1. The quantitative estimate of drug-likeness (QED) is 0.652. The van der Waals surface area contributed by atoms with Gasteiger partial charge in [0.25, 0.3) is 0 Å². The Hall–Kier alpha value is -1.86. The van der Waals surface area contributed by atoms with Gasteiger partial charge < -0.3 is 14.4 Å². The number of aliphatic hydroxyl groups is 1. The summed E-state index contributed by atoms with van der Waals surface area (Å²) in [5.74, 6) is -0.687. The molecule has 118 valence electrons. The van der Waals surface area contributed by atoms with E-state index in [0.717, 1.165) is 0 Å². The molecule has 0 aliphatic carbocycles. The second kappa shape index (κ2) is 7.42. The van der Waals surface area contributed by atoms with Crippen LogP contribution in [0.4, 0.5) is 4.39 Å². The third kappa shape index (κ3) is 3.66. The lowest BCUT2D eigenvalue weighted by molar-refractivity contribution is -0.139. The molecule has 1 N–H and O–H groups in total. The van der Waals surface area contributed by atoms with Crippen molar-refractivity contribution >= 4 is 17.7 Å². The Labute approximate surface area is 132 Å². The monoisotopic (exact) mass is 324 g/mol. The summed E-state index contributed by atoms with van der Waals surface area (Å²) in [5, 5.41) is 9.50. The molecule has 0 saturated heterocycles. The highest BCUT2D eigenvalue weighted by molar-refractivity contribution is 8.00. The van der Waals surface area contributed by atoms with Crippen LogP contribution >= 0.6 is 11.8 Å². The van der Waals surface area contributed by atoms with Crippen LogP contribution in [0, 0.1) is 5.82 Å². The van der Waals surface area contributed by atoms with Crippen LogP contribution in [0.1, 0.15) is 18.2 Å². The predicted octanol–water partition coefficient (Wildman–Crippen LogP) is 2.22. The number of aromatic nitrogens is 2. The molecular weight excluding hydrogens is 307 g/mol. The van der Waals surface area contributed by atoms with Gasteiger partial charge in [-0.25, -0.2) is 9.37 Å². The molecule has 5 nitrogen and oxygen atoms in total. The van der Waals surface area contributed by atoms with E-state index in [4.69, 9.17) is 0 Å². The van der Waals surface area contributed by atoms with Gasteiger partial charge in [0.15, 0.2) is 5.16 Å². The number of carbonyl (C=O) groups is 1. The molecule has 1 aromatic heterocycles. The highest BCUT2D eigenvalue weighted by atomic mass is 32.2. The Balaban J connectivity index is 2.28. The minimum Gasteiger partial charge on any atom is -0.468 e. The zero-order valence-corrected chi connectivity index (χ0v) is 13.1. The summed E-state index contributed by atoms with van der Waals surface area (Å²) in [7, 11) is 1.32. The molecule has 1 atom stereocenters. The highest BCUT2D eigenvalue weighted by Crippen LogP contribution is 2.25. The summed E-state index contributed by atoms with van der Waals surface area (Å²) in [6.07, 6.45) is 1.52. The number of imidazole rings is 1. The van der Waals surface area contributed by atoms with Crippen molar-refractivity contribution in [1.82, 2.24) is 9.55 Å². The van der Waals surface area contributed by atoms with Gasteiger partial charge in [-0.2, -0.15) is 0 Å². The number of thioether (sulfide) groups is 1. The number of benzene rings is 1. The van der Waals surface area contributed by atoms with Crippen LogP contribution < -0.4 is 0 Å². The molecule has 2 aromatic rings. The number of methoxy groups -OCH3 is 1. The molecule has 0 saturated carbocycles. The molecular formula is C15H17FN2O3S. The molecule has 7 heteroatoms. The van der Waals surface area contributed by atoms with E-state index in [2.05, 4.69) is 9.72 Å². The molecule has 0 aliphatic heterocycles. The van der Waals surface area contributed by atoms with E-state index < -0.39 is 5.25 Å². The number of carbonyl (C=O) groups excluding carboxylic acids is 1. The summed E-state index contributed by atoms with van der Waals surface area (Å²) < 4.78 is 20.2. The van der Waals surface area contributed by atoms with Crippen LogP contribution in [0.2, 0.25) is 0 Å². The summed E-state index contributed by atoms with van der Waals surface area (Å²) in [6, 6.07) is 6.43. The predicted molar refractivity (Wildman–Crippen MR) is 81.0 cm³/mol. The van der Waals surface area contributed by atoms with Gasteiger partial charge in [-0.15, -0.1) is 0 Å². The molecule has 22 heavy (non-hydrogen) atoms. The molecule has 0 fully saturated rings. The molecule has 1 heterocycles. The Bertz CT molecular complexity index is 660. The molecule has 0 aliphatic rings. The lowest BCUT2D eigenvalue weighted by atomic mass is 10.2. The molecule has 0 radical (unpaired) electrons. The highest BCUT2D eigenvalue weighted by Gasteiger charge is 2.20. The number of aliphatic hydroxyl groups excluding tert-OH is 1. The van der Waals surface area contributed by atoms with Gasteiger partial charge >= 0.3 is 5.97 Å². The number of hydrogen-bond acceptors (Lipinski definition) is 5. The minimum atomic E-state index is -0.446. The zero-order chi connectivity index (χ0) is 16.1. The van der Waals surface area contributed by atoms with E-state index in [1.807, 2.05) is 0 Å². The van der Waals surface area contributed by atoms with Crippen LogP contribution in [-0.2, 0) is 22.7 Å². The SMILES string of the molecule is COC(=O)C(C)Sc1ncc(CO)n1Cc1ccccc1F.